The van der Waals surface area contributed by atoms with Crippen molar-refractivity contribution in [3.05, 3.63) is 35.4 Å². The molecule has 6 heteroatoms. The van der Waals surface area contributed by atoms with Crippen LogP contribution in [-0.4, -0.2) is 19.7 Å². The number of nitrogens with zero attached hydrogens (tertiary/aromatic N) is 4. The van der Waals surface area contributed by atoms with Crippen LogP contribution < -0.4 is 0 Å². The Hall–Kier alpha value is -1.46. The van der Waals surface area contributed by atoms with E-state index < -0.39 is 0 Å². The van der Waals surface area contributed by atoms with Crippen LogP contribution in [0.4, 0.5) is 0 Å². The third kappa shape index (κ3) is 1.58. The van der Waals surface area contributed by atoms with Gasteiger partial charge in [-0.05, 0) is 25.1 Å². The maximum Gasteiger partial charge on any atom is 0.212 e. The first-order valence-electron chi connectivity index (χ1n) is 4.67. The smallest absolute Gasteiger partial charge is 0.212 e. The lowest BCUT2D eigenvalue weighted by atomic mass is 10.3. The summed E-state index contributed by atoms with van der Waals surface area (Å²) in [5, 5.41) is 5.74. The molecular weight excluding hydrogens is 244 g/mol. The average molecular weight is 251 g/mol. The van der Waals surface area contributed by atoms with Crippen LogP contribution in [-0.2, 0) is 0 Å². The third-order valence-corrected chi connectivity index (χ3v) is 3.38. The van der Waals surface area contributed by atoms with Crippen molar-refractivity contribution in [3.8, 4) is 5.13 Å². The minimum Gasteiger partial charge on any atom is -0.220 e. The van der Waals surface area contributed by atoms with E-state index in [0.717, 1.165) is 26.2 Å². The fourth-order valence-corrected chi connectivity index (χ4v) is 2.59. The lowest BCUT2D eigenvalue weighted by Gasteiger charge is -1.89. The fraction of sp³-hybridized carbons (Fsp3) is 0.100. The topological polar surface area (TPSA) is 43.6 Å². The molecule has 0 bridgehead atoms. The van der Waals surface area contributed by atoms with Crippen LogP contribution in [0.2, 0.25) is 5.02 Å². The lowest BCUT2D eigenvalue weighted by Crippen LogP contribution is -1.93. The Labute approximate surface area is 101 Å². The lowest BCUT2D eigenvalue weighted by molar-refractivity contribution is 0.856. The predicted molar refractivity (Wildman–Crippen MR) is 64.3 cm³/mol. The van der Waals surface area contributed by atoms with Gasteiger partial charge in [0.1, 0.15) is 12.2 Å². The summed E-state index contributed by atoms with van der Waals surface area (Å²) in [7, 11) is 0. The van der Waals surface area contributed by atoms with Crippen LogP contribution in [0.25, 0.3) is 15.3 Å². The van der Waals surface area contributed by atoms with Gasteiger partial charge in [-0.3, -0.25) is 0 Å². The molecule has 80 valence electrons. The summed E-state index contributed by atoms with van der Waals surface area (Å²) in [6, 6.07) is 5.64. The molecule has 0 fully saturated rings. The summed E-state index contributed by atoms with van der Waals surface area (Å²) in [4.78, 5) is 8.53. The van der Waals surface area contributed by atoms with Gasteiger partial charge in [0.15, 0.2) is 0 Å². The number of rotatable bonds is 1. The first-order valence-corrected chi connectivity index (χ1v) is 5.86. The van der Waals surface area contributed by atoms with E-state index in [1.54, 1.807) is 22.3 Å². The Morgan fingerprint density at radius 2 is 2.25 bits per heavy atom. The maximum absolute atomic E-state index is 5.92. The first kappa shape index (κ1) is 9.74. The maximum atomic E-state index is 5.92. The Bertz CT molecular complexity index is 658. The monoisotopic (exact) mass is 250 g/mol. The number of halogens is 1. The molecule has 0 saturated carbocycles. The van der Waals surface area contributed by atoms with E-state index >= 15 is 0 Å². The molecule has 0 saturated heterocycles. The minimum absolute atomic E-state index is 0.720. The van der Waals surface area contributed by atoms with Crippen LogP contribution >= 0.6 is 22.9 Å². The summed E-state index contributed by atoms with van der Waals surface area (Å²) >= 11 is 7.46. The highest BCUT2D eigenvalue weighted by atomic mass is 35.5. The quantitative estimate of drug-likeness (QED) is 0.667. The van der Waals surface area contributed by atoms with E-state index in [2.05, 4.69) is 15.1 Å². The minimum atomic E-state index is 0.720. The van der Waals surface area contributed by atoms with Gasteiger partial charge in [0.2, 0.25) is 5.13 Å². The van der Waals surface area contributed by atoms with E-state index in [0.29, 0.717) is 0 Å². The number of benzene rings is 1. The van der Waals surface area contributed by atoms with Gasteiger partial charge >= 0.3 is 0 Å². The van der Waals surface area contributed by atoms with Crippen molar-refractivity contribution in [2.24, 2.45) is 0 Å². The zero-order chi connectivity index (χ0) is 11.1. The van der Waals surface area contributed by atoms with E-state index in [-0.39, 0.29) is 0 Å². The molecule has 0 spiro atoms. The van der Waals surface area contributed by atoms with Crippen molar-refractivity contribution in [2.75, 3.05) is 0 Å². The molecule has 0 aliphatic rings. The first-order chi connectivity index (χ1) is 7.72. The number of aryl methyl sites for hydroxylation is 1. The molecular formula is C10H7ClN4S. The molecule has 0 atom stereocenters. The van der Waals surface area contributed by atoms with E-state index in [9.17, 15) is 0 Å². The molecule has 0 unspecified atom stereocenters. The molecule has 0 amide bonds. The van der Waals surface area contributed by atoms with Gasteiger partial charge in [-0.25, -0.2) is 9.97 Å². The molecule has 2 aromatic heterocycles. The summed E-state index contributed by atoms with van der Waals surface area (Å²) in [6.45, 7) is 1.85. The Morgan fingerprint density at radius 1 is 1.38 bits per heavy atom. The van der Waals surface area contributed by atoms with Crippen LogP contribution in [0, 0.1) is 6.92 Å². The van der Waals surface area contributed by atoms with Crippen molar-refractivity contribution < 1.29 is 0 Å². The van der Waals surface area contributed by atoms with Gasteiger partial charge < -0.3 is 0 Å². The largest absolute Gasteiger partial charge is 0.220 e. The SMILES string of the molecule is Cc1ncn(-c2nc3ccc(Cl)cc3s2)n1. The molecule has 0 N–H and O–H groups in total. The van der Waals surface area contributed by atoms with Crippen molar-refractivity contribution >= 4 is 33.2 Å². The van der Waals surface area contributed by atoms with Gasteiger partial charge in [0, 0.05) is 5.02 Å². The number of hydrogen-bond acceptors (Lipinski definition) is 4. The zero-order valence-corrected chi connectivity index (χ0v) is 9.96. The molecule has 4 nitrogen and oxygen atoms in total. The molecule has 0 radical (unpaired) electrons. The average Bonchev–Trinajstić information content (AvgIpc) is 2.83. The second-order valence-electron chi connectivity index (χ2n) is 3.34. The van der Waals surface area contributed by atoms with E-state index in [1.165, 1.54) is 0 Å². The number of thiazole rings is 1. The van der Waals surface area contributed by atoms with Gasteiger partial charge in [0.05, 0.1) is 10.2 Å². The van der Waals surface area contributed by atoms with Crippen molar-refractivity contribution in [1.82, 2.24) is 19.7 Å². The molecule has 3 rings (SSSR count). The molecule has 3 aromatic rings. The molecule has 1 aromatic carbocycles. The highest BCUT2D eigenvalue weighted by Crippen LogP contribution is 2.26. The van der Waals surface area contributed by atoms with E-state index in [1.807, 2.05) is 25.1 Å². The normalized spacial score (nSPS) is 11.1. The number of fused-ring (bicyclic) bond motifs is 1. The summed E-state index contributed by atoms with van der Waals surface area (Å²) in [6.07, 6.45) is 1.66. The summed E-state index contributed by atoms with van der Waals surface area (Å²) < 4.78 is 2.73. The number of hydrogen-bond donors (Lipinski definition) is 0. The summed E-state index contributed by atoms with van der Waals surface area (Å²) in [5.41, 5.74) is 0.928. The Balaban J connectivity index is 2.18. The highest BCUT2D eigenvalue weighted by Gasteiger charge is 2.07. The molecule has 2 heterocycles. The summed E-state index contributed by atoms with van der Waals surface area (Å²) in [5.74, 6) is 0.734. The Kier molecular flexibility index (Phi) is 2.15. The fourth-order valence-electron chi connectivity index (χ4n) is 1.42. The Morgan fingerprint density at radius 3 is 3.00 bits per heavy atom. The van der Waals surface area contributed by atoms with Crippen LogP contribution in [0.5, 0.6) is 0 Å². The number of aromatic nitrogens is 4. The van der Waals surface area contributed by atoms with Gasteiger partial charge in [0.25, 0.3) is 0 Å². The second-order valence-corrected chi connectivity index (χ2v) is 4.79. The van der Waals surface area contributed by atoms with Gasteiger partial charge in [-0.1, -0.05) is 22.9 Å². The van der Waals surface area contributed by atoms with Crippen molar-refractivity contribution in [1.29, 1.82) is 0 Å². The molecule has 0 aliphatic carbocycles. The highest BCUT2D eigenvalue weighted by molar-refractivity contribution is 7.20. The van der Waals surface area contributed by atoms with E-state index in [4.69, 9.17) is 11.6 Å². The predicted octanol–water partition coefficient (Wildman–Crippen LogP) is 2.84. The van der Waals surface area contributed by atoms with Crippen LogP contribution in [0.15, 0.2) is 24.5 Å². The third-order valence-electron chi connectivity index (χ3n) is 2.14. The van der Waals surface area contributed by atoms with Crippen LogP contribution in [0.1, 0.15) is 5.82 Å². The molecule has 16 heavy (non-hydrogen) atoms. The standard InChI is InChI=1S/C10H7ClN4S/c1-6-12-5-15(14-6)10-13-8-3-2-7(11)4-9(8)16-10/h2-5H,1H3. The second kappa shape index (κ2) is 3.54. The van der Waals surface area contributed by atoms with Gasteiger partial charge in [-0.15, -0.1) is 5.10 Å². The van der Waals surface area contributed by atoms with Crippen molar-refractivity contribution in [3.63, 3.8) is 0 Å². The van der Waals surface area contributed by atoms with Crippen LogP contribution in [0.3, 0.4) is 0 Å². The van der Waals surface area contributed by atoms with Crippen molar-refractivity contribution in [2.45, 2.75) is 6.92 Å². The molecule has 0 aliphatic heterocycles. The van der Waals surface area contributed by atoms with Gasteiger partial charge in [-0.2, -0.15) is 4.68 Å². The zero-order valence-electron chi connectivity index (χ0n) is 8.38.